The Labute approximate surface area is 115 Å². The van der Waals surface area contributed by atoms with E-state index in [1.807, 2.05) is 0 Å². The second kappa shape index (κ2) is 6.45. The summed E-state index contributed by atoms with van der Waals surface area (Å²) in [6.45, 7) is 1.24. The number of nitrogens with one attached hydrogen (secondary N) is 2. The van der Waals surface area contributed by atoms with Gasteiger partial charge in [0.15, 0.2) is 0 Å². The maximum Gasteiger partial charge on any atom is 0.311 e. The quantitative estimate of drug-likeness (QED) is 0.443. The van der Waals surface area contributed by atoms with Gasteiger partial charge in [-0.25, -0.2) is 4.98 Å². The first-order valence-corrected chi connectivity index (χ1v) is 6.12. The van der Waals surface area contributed by atoms with Crippen molar-refractivity contribution in [2.75, 3.05) is 24.2 Å². The van der Waals surface area contributed by atoms with Crippen molar-refractivity contribution in [3.05, 3.63) is 34.6 Å². The average Bonchev–Trinajstić information content (AvgIpc) is 2.96. The van der Waals surface area contributed by atoms with E-state index in [0.29, 0.717) is 18.9 Å². The second-order valence-electron chi connectivity index (χ2n) is 4.02. The molecule has 9 nitrogen and oxygen atoms in total. The van der Waals surface area contributed by atoms with Gasteiger partial charge in [-0.3, -0.25) is 14.8 Å². The first kappa shape index (κ1) is 13.7. The number of anilines is 2. The molecule has 0 aliphatic rings. The van der Waals surface area contributed by atoms with Gasteiger partial charge in [0, 0.05) is 32.4 Å². The molecule has 2 rings (SSSR count). The maximum absolute atomic E-state index is 10.9. The van der Waals surface area contributed by atoms with E-state index < -0.39 is 4.92 Å². The van der Waals surface area contributed by atoms with Crippen LogP contribution < -0.4 is 10.6 Å². The topological polar surface area (TPSA) is 111 Å². The van der Waals surface area contributed by atoms with Gasteiger partial charge in [0.2, 0.25) is 5.82 Å². The Balaban J connectivity index is 1.95. The van der Waals surface area contributed by atoms with Crippen LogP contribution in [0.1, 0.15) is 6.42 Å². The van der Waals surface area contributed by atoms with Gasteiger partial charge < -0.3 is 10.6 Å². The maximum atomic E-state index is 10.9. The van der Waals surface area contributed by atoms with E-state index in [4.69, 9.17) is 0 Å². The summed E-state index contributed by atoms with van der Waals surface area (Å²) in [5, 5.41) is 24.3. The summed E-state index contributed by atoms with van der Waals surface area (Å²) >= 11 is 0. The van der Waals surface area contributed by atoms with Gasteiger partial charge in [0.05, 0.1) is 11.1 Å². The Morgan fingerprint density at radius 3 is 2.95 bits per heavy atom. The molecule has 9 heteroatoms. The first-order valence-electron chi connectivity index (χ1n) is 6.12. The molecule has 2 N–H and O–H groups in total. The normalized spacial score (nSPS) is 10.2. The molecule has 0 aromatic carbocycles. The summed E-state index contributed by atoms with van der Waals surface area (Å²) in [7, 11) is 1.71. The lowest BCUT2D eigenvalue weighted by atomic mass is 10.3. The lowest BCUT2D eigenvalue weighted by Crippen LogP contribution is -2.10. The van der Waals surface area contributed by atoms with Crippen LogP contribution in [-0.2, 0) is 6.54 Å². The standard InChI is InChI=1S/C11H15N7O2/c1-12-10-4-3-9(18(19)20)11(15-10)13-5-2-7-17-8-6-14-16-17/h3-4,6,8H,2,5,7H2,1H3,(H2,12,13,15). The van der Waals surface area contributed by atoms with Gasteiger partial charge >= 0.3 is 5.69 Å². The molecule has 0 saturated heterocycles. The fourth-order valence-corrected chi connectivity index (χ4v) is 1.67. The molecule has 2 aromatic heterocycles. The van der Waals surface area contributed by atoms with Crippen molar-refractivity contribution in [1.82, 2.24) is 20.0 Å². The van der Waals surface area contributed by atoms with E-state index in [9.17, 15) is 10.1 Å². The van der Waals surface area contributed by atoms with E-state index in [1.54, 1.807) is 30.2 Å². The molecule has 2 heterocycles. The zero-order valence-electron chi connectivity index (χ0n) is 11.0. The van der Waals surface area contributed by atoms with E-state index in [2.05, 4.69) is 25.9 Å². The van der Waals surface area contributed by atoms with Crippen molar-refractivity contribution in [3.63, 3.8) is 0 Å². The minimum atomic E-state index is -0.452. The number of nitro groups is 1. The summed E-state index contributed by atoms with van der Waals surface area (Å²) in [6, 6.07) is 3.00. The zero-order chi connectivity index (χ0) is 14.4. The van der Waals surface area contributed by atoms with Gasteiger partial charge in [-0.1, -0.05) is 5.21 Å². The van der Waals surface area contributed by atoms with E-state index in [-0.39, 0.29) is 11.5 Å². The number of rotatable bonds is 7. The molecule has 0 amide bonds. The molecule has 0 aliphatic heterocycles. The highest BCUT2D eigenvalue weighted by Crippen LogP contribution is 2.23. The van der Waals surface area contributed by atoms with Crippen LogP contribution in [0.2, 0.25) is 0 Å². The summed E-state index contributed by atoms with van der Waals surface area (Å²) in [5.74, 6) is 0.842. The SMILES string of the molecule is CNc1ccc([N+](=O)[O-])c(NCCCn2ccnn2)n1. The molecule has 0 bridgehead atoms. The number of nitrogens with zero attached hydrogens (tertiary/aromatic N) is 5. The Morgan fingerprint density at radius 1 is 1.45 bits per heavy atom. The van der Waals surface area contributed by atoms with Gasteiger partial charge in [-0.2, -0.15) is 0 Å². The minimum Gasteiger partial charge on any atom is -0.373 e. The highest BCUT2D eigenvalue weighted by Gasteiger charge is 2.15. The molecule has 0 saturated carbocycles. The summed E-state index contributed by atoms with van der Waals surface area (Å²) in [4.78, 5) is 14.6. The summed E-state index contributed by atoms with van der Waals surface area (Å²) in [6.07, 6.45) is 4.13. The van der Waals surface area contributed by atoms with Crippen molar-refractivity contribution in [1.29, 1.82) is 0 Å². The Hall–Kier alpha value is -2.71. The molecule has 0 radical (unpaired) electrons. The largest absolute Gasteiger partial charge is 0.373 e. The van der Waals surface area contributed by atoms with Crippen LogP contribution in [0.25, 0.3) is 0 Å². The van der Waals surface area contributed by atoms with Crippen LogP contribution in [0.5, 0.6) is 0 Å². The van der Waals surface area contributed by atoms with Crippen molar-refractivity contribution < 1.29 is 4.92 Å². The van der Waals surface area contributed by atoms with Crippen molar-refractivity contribution in [2.24, 2.45) is 0 Å². The smallest absolute Gasteiger partial charge is 0.311 e. The van der Waals surface area contributed by atoms with Crippen molar-refractivity contribution in [3.8, 4) is 0 Å². The molecule has 106 valence electrons. The molecule has 2 aromatic rings. The van der Waals surface area contributed by atoms with Crippen LogP contribution in [-0.4, -0.2) is 38.5 Å². The number of hydrogen-bond donors (Lipinski definition) is 2. The first-order chi connectivity index (χ1) is 9.70. The van der Waals surface area contributed by atoms with Crippen LogP contribution in [0.15, 0.2) is 24.5 Å². The van der Waals surface area contributed by atoms with E-state index in [0.717, 1.165) is 6.42 Å². The molecule has 0 unspecified atom stereocenters. The molecule has 0 fully saturated rings. The van der Waals surface area contributed by atoms with Gasteiger partial charge in [0.25, 0.3) is 0 Å². The van der Waals surface area contributed by atoms with Crippen LogP contribution in [0.3, 0.4) is 0 Å². The second-order valence-corrected chi connectivity index (χ2v) is 4.02. The van der Waals surface area contributed by atoms with Crippen molar-refractivity contribution >= 4 is 17.3 Å². The lowest BCUT2D eigenvalue weighted by molar-refractivity contribution is -0.384. The number of pyridine rings is 1. The molecular formula is C11H15N7O2. The molecule has 0 atom stereocenters. The number of aromatic nitrogens is 4. The third kappa shape index (κ3) is 3.40. The fourth-order valence-electron chi connectivity index (χ4n) is 1.67. The Morgan fingerprint density at radius 2 is 2.30 bits per heavy atom. The lowest BCUT2D eigenvalue weighted by Gasteiger charge is -2.08. The zero-order valence-corrected chi connectivity index (χ0v) is 11.0. The van der Waals surface area contributed by atoms with E-state index >= 15 is 0 Å². The predicted octanol–water partition coefficient (Wildman–Crippen LogP) is 1.13. The van der Waals surface area contributed by atoms with Gasteiger partial charge in [-0.05, 0) is 12.5 Å². The Bertz CT molecular complexity index is 570. The minimum absolute atomic E-state index is 0.0373. The molecule has 0 aliphatic carbocycles. The molecule has 0 spiro atoms. The monoisotopic (exact) mass is 277 g/mol. The fraction of sp³-hybridized carbons (Fsp3) is 0.364. The Kier molecular flexibility index (Phi) is 4.43. The highest BCUT2D eigenvalue weighted by atomic mass is 16.6. The molecule has 20 heavy (non-hydrogen) atoms. The van der Waals surface area contributed by atoms with E-state index in [1.165, 1.54) is 6.07 Å². The van der Waals surface area contributed by atoms with Crippen LogP contribution in [0, 0.1) is 10.1 Å². The number of hydrogen-bond acceptors (Lipinski definition) is 7. The summed E-state index contributed by atoms with van der Waals surface area (Å²) in [5.41, 5.74) is -0.0373. The third-order valence-corrected chi connectivity index (χ3v) is 2.66. The molecular weight excluding hydrogens is 262 g/mol. The van der Waals surface area contributed by atoms with Crippen molar-refractivity contribution in [2.45, 2.75) is 13.0 Å². The average molecular weight is 277 g/mol. The van der Waals surface area contributed by atoms with Crippen LogP contribution >= 0.6 is 0 Å². The number of aryl methyl sites for hydroxylation is 1. The predicted molar refractivity (Wildman–Crippen MR) is 73.6 cm³/mol. The van der Waals surface area contributed by atoms with Gasteiger partial charge in [-0.15, -0.1) is 5.10 Å². The van der Waals surface area contributed by atoms with Gasteiger partial charge in [0.1, 0.15) is 5.82 Å². The highest BCUT2D eigenvalue weighted by molar-refractivity contribution is 5.60. The third-order valence-electron chi connectivity index (χ3n) is 2.66. The summed E-state index contributed by atoms with van der Waals surface area (Å²) < 4.78 is 1.70. The van der Waals surface area contributed by atoms with Crippen LogP contribution in [0.4, 0.5) is 17.3 Å².